The first-order valence-electron chi connectivity index (χ1n) is 3.42. The van der Waals surface area contributed by atoms with Gasteiger partial charge in [-0.15, -0.1) is 0 Å². The molecule has 1 aromatic carbocycles. The largest absolute Gasteiger partial charge is 0.0840 e. The lowest BCUT2D eigenvalue weighted by molar-refractivity contribution is 1.31. The van der Waals surface area contributed by atoms with E-state index in [0.29, 0.717) is 0 Å². The first-order chi connectivity index (χ1) is 5.29. The Morgan fingerprint density at radius 3 is 2.55 bits per heavy atom. The molecule has 0 saturated carbocycles. The van der Waals surface area contributed by atoms with Crippen molar-refractivity contribution in [2.45, 2.75) is 6.42 Å². The molecule has 0 radical (unpaired) electrons. The summed E-state index contributed by atoms with van der Waals surface area (Å²) >= 11 is 11.9. The lowest BCUT2D eigenvalue weighted by Gasteiger charge is -2.02. The predicted octanol–water partition coefficient (Wildman–Crippen LogP) is 3.56. The van der Waals surface area contributed by atoms with Crippen molar-refractivity contribution >= 4 is 29.3 Å². The third-order valence-electron chi connectivity index (χ3n) is 1.85. The highest BCUT2D eigenvalue weighted by atomic mass is 35.5. The van der Waals surface area contributed by atoms with Gasteiger partial charge in [0.15, 0.2) is 0 Å². The number of benzene rings is 1. The Hall–Kier alpha value is -0.460. The molecule has 0 aliphatic heterocycles. The molecule has 2 heteroatoms. The molecule has 1 aliphatic carbocycles. The Balaban J connectivity index is 2.71. The molecule has 0 saturated heterocycles. The minimum atomic E-state index is 0.790. The Morgan fingerprint density at radius 2 is 1.82 bits per heavy atom. The third kappa shape index (κ3) is 1.07. The molecular weight excluding hydrogens is 179 g/mol. The van der Waals surface area contributed by atoms with E-state index in [0.717, 1.165) is 27.6 Å². The summed E-state index contributed by atoms with van der Waals surface area (Å²) in [4.78, 5) is 0. The number of hydrogen-bond donors (Lipinski definition) is 0. The van der Waals surface area contributed by atoms with Gasteiger partial charge in [-0.25, -0.2) is 0 Å². The molecular formula is C9H6Cl2. The van der Waals surface area contributed by atoms with Gasteiger partial charge < -0.3 is 0 Å². The number of fused-ring (bicyclic) bond motifs is 1. The van der Waals surface area contributed by atoms with Gasteiger partial charge in [-0.2, -0.15) is 0 Å². The van der Waals surface area contributed by atoms with E-state index in [1.165, 1.54) is 0 Å². The molecule has 2 rings (SSSR count). The first kappa shape index (κ1) is 7.20. The second-order valence-corrected chi connectivity index (χ2v) is 3.34. The molecule has 0 spiro atoms. The molecule has 0 atom stereocenters. The highest BCUT2D eigenvalue weighted by Crippen LogP contribution is 2.32. The molecule has 0 bridgehead atoms. The van der Waals surface area contributed by atoms with Crippen LogP contribution in [0.5, 0.6) is 0 Å². The molecule has 0 unspecified atom stereocenters. The van der Waals surface area contributed by atoms with Crippen molar-refractivity contribution in [2.24, 2.45) is 0 Å². The monoisotopic (exact) mass is 184 g/mol. The zero-order chi connectivity index (χ0) is 7.84. The second kappa shape index (κ2) is 2.54. The van der Waals surface area contributed by atoms with Crippen molar-refractivity contribution in [3.05, 3.63) is 39.4 Å². The SMILES string of the molecule is Clc1ccc(Cl)c2c1C=CC2. The van der Waals surface area contributed by atoms with E-state index in [1.54, 1.807) is 0 Å². The lowest BCUT2D eigenvalue weighted by Crippen LogP contribution is -1.83. The summed E-state index contributed by atoms with van der Waals surface area (Å²) in [6.45, 7) is 0. The fraction of sp³-hybridized carbons (Fsp3) is 0.111. The zero-order valence-electron chi connectivity index (χ0n) is 5.77. The Kier molecular flexibility index (Phi) is 1.67. The summed E-state index contributed by atoms with van der Waals surface area (Å²) in [6.07, 6.45) is 5.00. The molecule has 1 aromatic rings. The molecule has 56 valence electrons. The van der Waals surface area contributed by atoms with Crippen molar-refractivity contribution in [1.82, 2.24) is 0 Å². The fourth-order valence-corrected chi connectivity index (χ4v) is 1.77. The quantitative estimate of drug-likeness (QED) is 0.579. The summed E-state index contributed by atoms with van der Waals surface area (Å²) in [5, 5.41) is 1.60. The summed E-state index contributed by atoms with van der Waals surface area (Å²) < 4.78 is 0. The van der Waals surface area contributed by atoms with E-state index < -0.39 is 0 Å². The summed E-state index contributed by atoms with van der Waals surface area (Å²) in [5.74, 6) is 0. The average molecular weight is 185 g/mol. The van der Waals surface area contributed by atoms with E-state index in [2.05, 4.69) is 6.08 Å². The number of halogens is 2. The summed E-state index contributed by atoms with van der Waals surface area (Å²) in [6, 6.07) is 3.67. The van der Waals surface area contributed by atoms with Gasteiger partial charge in [0.05, 0.1) is 0 Å². The van der Waals surface area contributed by atoms with E-state index in [4.69, 9.17) is 23.2 Å². The van der Waals surface area contributed by atoms with Gasteiger partial charge in [-0.05, 0) is 29.7 Å². The van der Waals surface area contributed by atoms with Gasteiger partial charge in [0.25, 0.3) is 0 Å². The van der Waals surface area contributed by atoms with Crippen molar-refractivity contribution in [2.75, 3.05) is 0 Å². The molecule has 1 aliphatic rings. The van der Waals surface area contributed by atoms with Crippen LogP contribution in [0.2, 0.25) is 10.0 Å². The first-order valence-corrected chi connectivity index (χ1v) is 4.18. The van der Waals surface area contributed by atoms with Gasteiger partial charge in [0, 0.05) is 10.0 Å². The third-order valence-corrected chi connectivity index (χ3v) is 2.54. The van der Waals surface area contributed by atoms with Crippen LogP contribution in [0.15, 0.2) is 18.2 Å². The van der Waals surface area contributed by atoms with Crippen LogP contribution in [0.4, 0.5) is 0 Å². The maximum absolute atomic E-state index is 5.94. The van der Waals surface area contributed by atoms with Crippen molar-refractivity contribution in [3.63, 3.8) is 0 Å². The van der Waals surface area contributed by atoms with Crippen LogP contribution in [-0.2, 0) is 6.42 Å². The lowest BCUT2D eigenvalue weighted by atomic mass is 10.1. The maximum atomic E-state index is 5.94. The zero-order valence-corrected chi connectivity index (χ0v) is 7.28. The number of hydrogen-bond acceptors (Lipinski definition) is 0. The topological polar surface area (TPSA) is 0 Å². The summed E-state index contributed by atoms with van der Waals surface area (Å²) in [7, 11) is 0. The van der Waals surface area contributed by atoms with Crippen molar-refractivity contribution < 1.29 is 0 Å². The predicted molar refractivity (Wildman–Crippen MR) is 49.2 cm³/mol. The molecule has 0 amide bonds. The molecule has 11 heavy (non-hydrogen) atoms. The fourth-order valence-electron chi connectivity index (χ4n) is 1.29. The van der Waals surface area contributed by atoms with Crippen molar-refractivity contribution in [1.29, 1.82) is 0 Å². The maximum Gasteiger partial charge on any atom is 0.0482 e. The molecule has 0 fully saturated rings. The van der Waals surface area contributed by atoms with Crippen LogP contribution >= 0.6 is 23.2 Å². The Labute approximate surface area is 75.4 Å². The highest BCUT2D eigenvalue weighted by Gasteiger charge is 2.11. The molecule has 0 aromatic heterocycles. The minimum Gasteiger partial charge on any atom is -0.0840 e. The minimum absolute atomic E-state index is 0.790. The van der Waals surface area contributed by atoms with Crippen LogP contribution in [0.25, 0.3) is 6.08 Å². The Morgan fingerprint density at radius 1 is 1.09 bits per heavy atom. The Bertz CT molecular complexity index is 327. The normalized spacial score (nSPS) is 13.6. The van der Waals surface area contributed by atoms with E-state index >= 15 is 0 Å². The van der Waals surface area contributed by atoms with E-state index in [-0.39, 0.29) is 0 Å². The second-order valence-electron chi connectivity index (χ2n) is 2.53. The summed E-state index contributed by atoms with van der Waals surface area (Å²) in [5.41, 5.74) is 2.23. The van der Waals surface area contributed by atoms with Crippen LogP contribution < -0.4 is 0 Å². The van der Waals surface area contributed by atoms with Crippen LogP contribution in [0, 0.1) is 0 Å². The average Bonchev–Trinajstić information content (AvgIpc) is 2.45. The van der Waals surface area contributed by atoms with E-state index in [1.807, 2.05) is 18.2 Å². The molecule has 0 heterocycles. The number of rotatable bonds is 0. The smallest absolute Gasteiger partial charge is 0.0482 e. The number of allylic oxidation sites excluding steroid dienone is 1. The van der Waals surface area contributed by atoms with Crippen LogP contribution in [0.1, 0.15) is 11.1 Å². The van der Waals surface area contributed by atoms with Gasteiger partial charge >= 0.3 is 0 Å². The molecule has 0 N–H and O–H groups in total. The van der Waals surface area contributed by atoms with Gasteiger partial charge in [0.2, 0.25) is 0 Å². The highest BCUT2D eigenvalue weighted by molar-refractivity contribution is 6.35. The van der Waals surface area contributed by atoms with Gasteiger partial charge in [0.1, 0.15) is 0 Å². The van der Waals surface area contributed by atoms with Crippen LogP contribution in [-0.4, -0.2) is 0 Å². The standard InChI is InChI=1S/C9H6Cl2/c10-8-4-5-9(11)7-3-1-2-6(7)8/h1-2,4-5H,3H2. The molecule has 0 nitrogen and oxygen atoms in total. The van der Waals surface area contributed by atoms with Gasteiger partial charge in [-0.1, -0.05) is 35.4 Å². The van der Waals surface area contributed by atoms with Crippen molar-refractivity contribution in [3.8, 4) is 0 Å². The van der Waals surface area contributed by atoms with Crippen LogP contribution in [0.3, 0.4) is 0 Å². The van der Waals surface area contributed by atoms with Gasteiger partial charge in [-0.3, -0.25) is 0 Å². The van der Waals surface area contributed by atoms with E-state index in [9.17, 15) is 0 Å².